The number of hydrogen-bond acceptors (Lipinski definition) is 6. The zero-order chi connectivity index (χ0) is 21.4. The van der Waals surface area contributed by atoms with Gasteiger partial charge in [-0.05, 0) is 24.8 Å². The number of carboxylic acid groups (broad SMARTS) is 1. The van der Waals surface area contributed by atoms with Crippen LogP contribution in [0.5, 0.6) is 0 Å². The van der Waals surface area contributed by atoms with Crippen molar-refractivity contribution >= 4 is 36.3 Å². The SMILES string of the molecule is NC(Cc1ccccc1)C(=O)NCC(=O)N1CCCC1C(=O)NC(CS)C(=O)O. The van der Waals surface area contributed by atoms with E-state index in [0.29, 0.717) is 25.8 Å². The monoisotopic (exact) mass is 422 g/mol. The van der Waals surface area contributed by atoms with Gasteiger partial charge in [0.25, 0.3) is 0 Å². The maximum absolute atomic E-state index is 12.5. The Morgan fingerprint density at radius 2 is 1.93 bits per heavy atom. The zero-order valence-electron chi connectivity index (χ0n) is 15.9. The summed E-state index contributed by atoms with van der Waals surface area (Å²) in [7, 11) is 0. The fourth-order valence-corrected chi connectivity index (χ4v) is 3.39. The number of nitrogens with two attached hydrogens (primary N) is 1. The molecule has 158 valence electrons. The van der Waals surface area contributed by atoms with Gasteiger partial charge in [0.05, 0.1) is 12.6 Å². The number of nitrogens with one attached hydrogen (secondary N) is 2. The molecule has 0 aromatic heterocycles. The van der Waals surface area contributed by atoms with Crippen molar-refractivity contribution in [2.75, 3.05) is 18.8 Å². The quantitative estimate of drug-likeness (QED) is 0.329. The van der Waals surface area contributed by atoms with Gasteiger partial charge in [-0.25, -0.2) is 4.79 Å². The van der Waals surface area contributed by atoms with Crippen molar-refractivity contribution in [1.82, 2.24) is 15.5 Å². The van der Waals surface area contributed by atoms with Gasteiger partial charge < -0.3 is 26.4 Å². The highest BCUT2D eigenvalue weighted by molar-refractivity contribution is 7.80. The molecule has 9 nitrogen and oxygen atoms in total. The van der Waals surface area contributed by atoms with Crippen molar-refractivity contribution in [2.24, 2.45) is 5.73 Å². The van der Waals surface area contributed by atoms with Crippen molar-refractivity contribution in [3.05, 3.63) is 35.9 Å². The first-order valence-electron chi connectivity index (χ1n) is 9.34. The van der Waals surface area contributed by atoms with E-state index in [0.717, 1.165) is 5.56 Å². The molecule has 1 fully saturated rings. The second-order valence-corrected chi connectivity index (χ2v) is 7.21. The van der Waals surface area contributed by atoms with Crippen LogP contribution in [0.2, 0.25) is 0 Å². The average Bonchev–Trinajstić information content (AvgIpc) is 3.20. The Bertz CT molecular complexity index is 745. The number of carboxylic acids is 1. The van der Waals surface area contributed by atoms with Crippen molar-refractivity contribution in [3.63, 3.8) is 0 Å². The maximum Gasteiger partial charge on any atom is 0.327 e. The summed E-state index contributed by atoms with van der Waals surface area (Å²) < 4.78 is 0. The molecular weight excluding hydrogens is 396 g/mol. The number of nitrogens with zero attached hydrogens (tertiary/aromatic N) is 1. The number of hydrogen-bond donors (Lipinski definition) is 5. The van der Waals surface area contributed by atoms with E-state index in [2.05, 4.69) is 23.3 Å². The molecule has 5 N–H and O–H groups in total. The number of aliphatic carboxylic acids is 1. The minimum absolute atomic E-state index is 0.0584. The molecule has 0 aliphatic carbocycles. The topological polar surface area (TPSA) is 142 Å². The van der Waals surface area contributed by atoms with Gasteiger partial charge in [-0.1, -0.05) is 30.3 Å². The van der Waals surface area contributed by atoms with Gasteiger partial charge in [0.15, 0.2) is 0 Å². The first-order chi connectivity index (χ1) is 13.8. The third kappa shape index (κ3) is 6.47. The van der Waals surface area contributed by atoms with E-state index in [1.807, 2.05) is 30.3 Å². The summed E-state index contributed by atoms with van der Waals surface area (Å²) in [6.45, 7) is 0.0848. The van der Waals surface area contributed by atoms with E-state index in [1.165, 1.54) is 4.90 Å². The highest BCUT2D eigenvalue weighted by Crippen LogP contribution is 2.17. The number of benzene rings is 1. The van der Waals surface area contributed by atoms with E-state index in [4.69, 9.17) is 10.8 Å². The second kappa shape index (κ2) is 10.8. The van der Waals surface area contributed by atoms with Gasteiger partial charge in [0, 0.05) is 12.3 Å². The van der Waals surface area contributed by atoms with Crippen LogP contribution in [-0.2, 0) is 25.6 Å². The number of carbonyl (C=O) groups is 4. The lowest BCUT2D eigenvalue weighted by atomic mass is 10.1. The van der Waals surface area contributed by atoms with E-state index in [-0.39, 0.29) is 12.3 Å². The van der Waals surface area contributed by atoms with Gasteiger partial charge in [-0.2, -0.15) is 12.6 Å². The van der Waals surface area contributed by atoms with Crippen LogP contribution in [-0.4, -0.2) is 70.7 Å². The molecule has 1 aromatic rings. The van der Waals surface area contributed by atoms with Crippen LogP contribution in [0, 0.1) is 0 Å². The van der Waals surface area contributed by atoms with Gasteiger partial charge in [0.2, 0.25) is 17.7 Å². The minimum Gasteiger partial charge on any atom is -0.480 e. The highest BCUT2D eigenvalue weighted by atomic mass is 32.1. The fraction of sp³-hybridized carbons (Fsp3) is 0.474. The number of likely N-dealkylation sites (tertiary alicyclic amines) is 1. The lowest BCUT2D eigenvalue weighted by Gasteiger charge is -2.25. The molecule has 1 aromatic carbocycles. The second-order valence-electron chi connectivity index (χ2n) is 6.84. The van der Waals surface area contributed by atoms with Gasteiger partial charge in [-0.15, -0.1) is 0 Å². The Balaban J connectivity index is 1.86. The van der Waals surface area contributed by atoms with Crippen LogP contribution >= 0.6 is 12.6 Å². The highest BCUT2D eigenvalue weighted by Gasteiger charge is 2.35. The summed E-state index contributed by atoms with van der Waals surface area (Å²) in [6.07, 6.45) is 1.39. The van der Waals surface area contributed by atoms with Crippen molar-refractivity contribution in [1.29, 1.82) is 0 Å². The fourth-order valence-electron chi connectivity index (χ4n) is 3.15. The predicted octanol–water partition coefficient (Wildman–Crippen LogP) is -0.837. The first kappa shape index (κ1) is 22.7. The predicted molar refractivity (Wildman–Crippen MR) is 109 cm³/mol. The summed E-state index contributed by atoms with van der Waals surface area (Å²) in [5, 5.41) is 13.9. The van der Waals surface area contributed by atoms with Gasteiger partial charge >= 0.3 is 5.97 Å². The molecule has 29 heavy (non-hydrogen) atoms. The van der Waals surface area contributed by atoms with E-state index in [9.17, 15) is 19.2 Å². The van der Waals surface area contributed by atoms with Crippen molar-refractivity contribution < 1.29 is 24.3 Å². The van der Waals surface area contributed by atoms with Crippen LogP contribution in [0.1, 0.15) is 18.4 Å². The maximum atomic E-state index is 12.5. The van der Waals surface area contributed by atoms with Gasteiger partial charge in [0.1, 0.15) is 12.1 Å². The summed E-state index contributed by atoms with van der Waals surface area (Å²) in [5.74, 6) is -2.66. The summed E-state index contributed by atoms with van der Waals surface area (Å²) >= 11 is 3.91. The smallest absolute Gasteiger partial charge is 0.327 e. The number of thiol groups is 1. The van der Waals surface area contributed by atoms with Crippen LogP contribution in [0.15, 0.2) is 30.3 Å². The molecule has 0 spiro atoms. The molecular formula is C19H26N4O5S. The largest absolute Gasteiger partial charge is 0.480 e. The molecule has 3 amide bonds. The molecule has 1 saturated heterocycles. The third-order valence-corrected chi connectivity index (χ3v) is 5.09. The molecule has 0 bridgehead atoms. The molecule has 0 saturated carbocycles. The zero-order valence-corrected chi connectivity index (χ0v) is 16.8. The Kier molecular flexibility index (Phi) is 8.47. The van der Waals surface area contributed by atoms with Gasteiger partial charge in [-0.3, -0.25) is 14.4 Å². The minimum atomic E-state index is -1.19. The third-order valence-electron chi connectivity index (χ3n) is 4.72. The van der Waals surface area contributed by atoms with E-state index >= 15 is 0 Å². The Morgan fingerprint density at radius 1 is 1.24 bits per heavy atom. The lowest BCUT2D eigenvalue weighted by molar-refractivity contribution is -0.143. The molecule has 1 heterocycles. The lowest BCUT2D eigenvalue weighted by Crippen LogP contribution is -2.53. The standard InChI is InChI=1S/C19H26N4O5S/c20-13(9-12-5-2-1-3-6-12)17(25)21-10-16(24)23-8-4-7-15(23)18(26)22-14(11-29)19(27)28/h1-3,5-6,13-15,29H,4,7-11,20H2,(H,21,25)(H,22,26)(H,27,28). The molecule has 10 heteroatoms. The number of amides is 3. The molecule has 0 radical (unpaired) electrons. The Hall–Kier alpha value is -2.59. The Labute approximate surface area is 174 Å². The summed E-state index contributed by atoms with van der Waals surface area (Å²) in [6, 6.07) is 6.61. The van der Waals surface area contributed by atoms with E-state index in [1.54, 1.807) is 0 Å². The Morgan fingerprint density at radius 3 is 2.55 bits per heavy atom. The van der Waals surface area contributed by atoms with Crippen LogP contribution < -0.4 is 16.4 Å². The van der Waals surface area contributed by atoms with Crippen molar-refractivity contribution in [2.45, 2.75) is 37.4 Å². The van der Waals surface area contributed by atoms with Crippen molar-refractivity contribution in [3.8, 4) is 0 Å². The molecule has 3 unspecified atom stereocenters. The van der Waals surface area contributed by atoms with Crippen LogP contribution in [0.4, 0.5) is 0 Å². The first-order valence-corrected chi connectivity index (χ1v) is 9.97. The van der Waals surface area contributed by atoms with Crippen LogP contribution in [0.3, 0.4) is 0 Å². The molecule has 2 rings (SSSR count). The number of rotatable bonds is 9. The molecule has 1 aliphatic heterocycles. The summed E-state index contributed by atoms with van der Waals surface area (Å²) in [4.78, 5) is 49.5. The normalized spacial score (nSPS) is 18.0. The molecule has 3 atom stereocenters. The van der Waals surface area contributed by atoms with E-state index < -0.39 is 41.8 Å². The molecule has 1 aliphatic rings. The summed E-state index contributed by atoms with van der Waals surface area (Å²) in [5.41, 5.74) is 6.81. The van der Waals surface area contributed by atoms with Crippen LogP contribution in [0.25, 0.3) is 0 Å². The number of carbonyl (C=O) groups excluding carboxylic acids is 3. The average molecular weight is 423 g/mol.